The van der Waals surface area contributed by atoms with E-state index >= 15 is 0 Å². The molecule has 1 aliphatic heterocycles. The van der Waals surface area contributed by atoms with Crippen LogP contribution in [0.4, 0.5) is 26.2 Å². The van der Waals surface area contributed by atoms with E-state index < -0.39 is 6.43 Å². The molecule has 0 amide bonds. The molecule has 3 aromatic heterocycles. The zero-order valence-electron chi connectivity index (χ0n) is 21.4. The van der Waals surface area contributed by atoms with Gasteiger partial charge in [0.15, 0.2) is 5.82 Å². The van der Waals surface area contributed by atoms with Crippen LogP contribution >= 0.6 is 0 Å². The summed E-state index contributed by atoms with van der Waals surface area (Å²) in [4.78, 5) is 16.4. The summed E-state index contributed by atoms with van der Waals surface area (Å²) >= 11 is 0. The van der Waals surface area contributed by atoms with Crippen LogP contribution in [-0.2, 0) is 0 Å². The normalized spacial score (nSPS) is 15.7. The van der Waals surface area contributed by atoms with Crippen molar-refractivity contribution in [1.82, 2.24) is 24.5 Å². The van der Waals surface area contributed by atoms with Crippen molar-refractivity contribution in [2.45, 2.75) is 47.0 Å². The number of alkyl halides is 2. The van der Waals surface area contributed by atoms with Gasteiger partial charge in [0, 0.05) is 44.0 Å². The van der Waals surface area contributed by atoms with Crippen molar-refractivity contribution in [3.05, 3.63) is 30.1 Å². The molecular formula is C25H36F2N8. The lowest BCUT2D eigenvalue weighted by atomic mass is 10.1. The number of pyridine rings is 1. The van der Waals surface area contributed by atoms with Gasteiger partial charge in [-0.25, -0.2) is 13.3 Å². The maximum absolute atomic E-state index is 10.8. The monoisotopic (exact) mass is 486 g/mol. The van der Waals surface area contributed by atoms with Crippen molar-refractivity contribution in [2.24, 2.45) is 10.9 Å². The molecule has 8 nitrogen and oxygen atoms in total. The topological polar surface area (TPSA) is 82.7 Å². The highest BCUT2D eigenvalue weighted by Gasteiger charge is 2.20. The molecular weight excluding hydrogens is 450 g/mol. The zero-order chi connectivity index (χ0) is 25.5. The standard InChI is InChI=1S/C22H30N8.C3H6F2/c1-14(2)25-18-6-7-19(26-15(18)3)17-9-11-30-20(17)21(23-4)27-22(28-30)24-12-16-8-10-29(5)13-16;1-2-3(4)5/h6-7,9,11,16H,8,10,12-13H2,1-5H3,(H2,23,24,27,28);3H,2H2,1H3. The molecule has 1 atom stereocenters. The Bertz CT molecular complexity index is 1150. The molecule has 0 bridgehead atoms. The van der Waals surface area contributed by atoms with Gasteiger partial charge in [-0.05, 0) is 64.9 Å². The fourth-order valence-corrected chi connectivity index (χ4v) is 3.97. The molecule has 1 fully saturated rings. The van der Waals surface area contributed by atoms with E-state index in [2.05, 4.69) is 32.7 Å². The van der Waals surface area contributed by atoms with Crippen molar-refractivity contribution in [3.63, 3.8) is 0 Å². The fourth-order valence-electron chi connectivity index (χ4n) is 3.97. The highest BCUT2D eigenvalue weighted by Crippen LogP contribution is 2.31. The van der Waals surface area contributed by atoms with Gasteiger partial charge < -0.3 is 15.5 Å². The lowest BCUT2D eigenvalue weighted by Gasteiger charge is -2.13. The summed E-state index contributed by atoms with van der Waals surface area (Å²) in [6.07, 6.45) is 1.03. The summed E-state index contributed by atoms with van der Waals surface area (Å²) in [7, 11) is 4.05. The number of halogens is 2. The van der Waals surface area contributed by atoms with E-state index in [1.165, 1.54) is 13.3 Å². The minimum absolute atomic E-state index is 0.0278. The molecule has 3 aromatic rings. The Morgan fingerprint density at radius 1 is 1.23 bits per heavy atom. The number of hydrogen-bond donors (Lipinski definition) is 2. The predicted octanol–water partition coefficient (Wildman–Crippen LogP) is 5.28. The van der Waals surface area contributed by atoms with Gasteiger partial charge in [0.05, 0.1) is 17.1 Å². The van der Waals surface area contributed by atoms with Crippen LogP contribution < -0.4 is 10.6 Å². The summed E-state index contributed by atoms with van der Waals surface area (Å²) < 4.78 is 23.4. The largest absolute Gasteiger partial charge is 0.371 e. The van der Waals surface area contributed by atoms with E-state index in [0.717, 1.165) is 59.3 Å². The van der Waals surface area contributed by atoms with Crippen LogP contribution in [0.1, 0.15) is 39.3 Å². The molecule has 190 valence electrons. The van der Waals surface area contributed by atoms with Crippen molar-refractivity contribution in [2.75, 3.05) is 44.4 Å². The minimum atomic E-state index is -2.12. The number of aryl methyl sites for hydroxylation is 1. The number of hydrogen-bond acceptors (Lipinski definition) is 7. The van der Waals surface area contributed by atoms with Gasteiger partial charge in [-0.2, -0.15) is 4.98 Å². The van der Waals surface area contributed by atoms with Crippen molar-refractivity contribution < 1.29 is 8.78 Å². The number of nitrogens with one attached hydrogen (secondary N) is 2. The number of aliphatic imine (C=N–C) groups is 1. The number of aromatic nitrogens is 4. The smallest absolute Gasteiger partial charge is 0.243 e. The molecule has 0 saturated carbocycles. The quantitative estimate of drug-likeness (QED) is 0.442. The first-order valence-electron chi connectivity index (χ1n) is 12.0. The Kier molecular flexibility index (Phi) is 9.08. The Labute approximate surface area is 205 Å². The second-order valence-corrected chi connectivity index (χ2v) is 9.01. The predicted molar refractivity (Wildman–Crippen MR) is 139 cm³/mol. The highest BCUT2D eigenvalue weighted by molar-refractivity contribution is 5.88. The molecule has 10 heteroatoms. The van der Waals surface area contributed by atoms with E-state index in [-0.39, 0.29) is 6.42 Å². The Morgan fingerprint density at radius 3 is 2.54 bits per heavy atom. The molecule has 0 spiro atoms. The maximum atomic E-state index is 10.8. The van der Waals surface area contributed by atoms with Gasteiger partial charge in [0.1, 0.15) is 5.52 Å². The lowest BCUT2D eigenvalue weighted by Crippen LogP contribution is -2.20. The van der Waals surface area contributed by atoms with E-state index in [9.17, 15) is 8.78 Å². The van der Waals surface area contributed by atoms with E-state index in [1.54, 1.807) is 0 Å². The second-order valence-electron chi connectivity index (χ2n) is 9.01. The molecule has 4 rings (SSSR count). The van der Waals surface area contributed by atoms with Gasteiger partial charge >= 0.3 is 0 Å². The minimum Gasteiger partial charge on any atom is -0.371 e. The molecule has 1 saturated heterocycles. The molecule has 4 heterocycles. The summed E-state index contributed by atoms with van der Waals surface area (Å²) in [5.74, 6) is 2.05. The van der Waals surface area contributed by atoms with Crippen molar-refractivity contribution >= 4 is 28.7 Å². The molecule has 0 aromatic carbocycles. The Balaban J connectivity index is 0.000000623. The van der Waals surface area contributed by atoms with Gasteiger partial charge in [0.2, 0.25) is 12.4 Å². The molecule has 2 N–H and O–H groups in total. The van der Waals surface area contributed by atoms with Crippen LogP contribution in [0.5, 0.6) is 0 Å². The van der Waals surface area contributed by atoms with Gasteiger partial charge in [-0.15, -0.1) is 5.10 Å². The molecule has 0 radical (unpaired) electrons. The molecule has 1 unspecified atom stereocenters. The summed E-state index contributed by atoms with van der Waals surface area (Å²) in [5.41, 5.74) is 5.61. The summed E-state index contributed by atoms with van der Waals surface area (Å²) in [6.45, 7) is 10.6. The Hall–Kier alpha value is -3.14. The van der Waals surface area contributed by atoms with Gasteiger partial charge in [-0.3, -0.25) is 9.98 Å². The SMILES string of the molecule is CCC(F)F.CNc1nc(NCC2CCN(C)C2)nn2ccc(-c3ccc(N=C(C)C)c(C)n3)c12. The zero-order valence-corrected chi connectivity index (χ0v) is 21.4. The third-order valence-corrected chi connectivity index (χ3v) is 5.77. The van der Waals surface area contributed by atoms with Gasteiger partial charge in [-0.1, -0.05) is 6.92 Å². The first-order chi connectivity index (χ1) is 16.7. The highest BCUT2D eigenvalue weighted by atomic mass is 19.3. The van der Waals surface area contributed by atoms with Crippen LogP contribution in [0.25, 0.3) is 16.8 Å². The fraction of sp³-hybridized carbons (Fsp3) is 0.520. The second kappa shape index (κ2) is 12.0. The number of fused-ring (bicyclic) bond motifs is 1. The average Bonchev–Trinajstić information content (AvgIpc) is 3.44. The molecule has 35 heavy (non-hydrogen) atoms. The molecule has 0 aliphatic carbocycles. The third-order valence-electron chi connectivity index (χ3n) is 5.77. The summed E-state index contributed by atoms with van der Waals surface area (Å²) in [6, 6.07) is 6.06. The van der Waals surface area contributed by atoms with Crippen LogP contribution in [0.2, 0.25) is 0 Å². The maximum Gasteiger partial charge on any atom is 0.243 e. The average molecular weight is 487 g/mol. The van der Waals surface area contributed by atoms with E-state index in [0.29, 0.717) is 11.9 Å². The Morgan fingerprint density at radius 2 is 1.97 bits per heavy atom. The van der Waals surface area contributed by atoms with Crippen LogP contribution in [0.15, 0.2) is 29.4 Å². The van der Waals surface area contributed by atoms with E-state index in [4.69, 9.17) is 9.97 Å². The number of anilines is 2. The van der Waals surface area contributed by atoms with Crippen molar-refractivity contribution in [3.8, 4) is 11.3 Å². The number of rotatable bonds is 7. The first-order valence-corrected chi connectivity index (χ1v) is 12.0. The van der Waals surface area contributed by atoms with Crippen LogP contribution in [-0.4, -0.2) is 70.3 Å². The van der Waals surface area contributed by atoms with Crippen LogP contribution in [0, 0.1) is 12.8 Å². The molecule has 1 aliphatic rings. The first kappa shape index (κ1) is 26.5. The number of nitrogens with zero attached hydrogens (tertiary/aromatic N) is 6. The number of likely N-dealkylation sites (tertiary alicyclic amines) is 1. The van der Waals surface area contributed by atoms with Gasteiger partial charge in [0.25, 0.3) is 0 Å². The van der Waals surface area contributed by atoms with Crippen LogP contribution in [0.3, 0.4) is 0 Å². The third kappa shape index (κ3) is 6.94. The lowest BCUT2D eigenvalue weighted by molar-refractivity contribution is 0.144. The van der Waals surface area contributed by atoms with Crippen molar-refractivity contribution in [1.29, 1.82) is 0 Å². The summed E-state index contributed by atoms with van der Waals surface area (Å²) in [5, 5.41) is 11.3. The van der Waals surface area contributed by atoms with E-state index in [1.807, 2.05) is 56.7 Å².